The maximum atomic E-state index is 12.7. The van der Waals surface area contributed by atoms with E-state index in [2.05, 4.69) is 0 Å². The molecule has 0 spiro atoms. The highest BCUT2D eigenvalue weighted by Crippen LogP contribution is 2.30. The van der Waals surface area contributed by atoms with Crippen molar-refractivity contribution in [3.05, 3.63) is 23.8 Å². The predicted octanol–water partition coefficient (Wildman–Crippen LogP) is 1.36. The van der Waals surface area contributed by atoms with Crippen molar-refractivity contribution in [2.24, 2.45) is 11.7 Å². The van der Waals surface area contributed by atoms with Crippen molar-refractivity contribution in [3.8, 4) is 5.75 Å². The van der Waals surface area contributed by atoms with Crippen LogP contribution in [0.5, 0.6) is 5.75 Å². The molecular weight excluding hydrogens is 276 g/mol. The van der Waals surface area contributed by atoms with Crippen molar-refractivity contribution < 1.29 is 13.2 Å². The van der Waals surface area contributed by atoms with Crippen LogP contribution in [0.25, 0.3) is 0 Å². The summed E-state index contributed by atoms with van der Waals surface area (Å²) in [6, 6.07) is 4.96. The molecule has 1 aliphatic heterocycles. The Morgan fingerprint density at radius 3 is 2.65 bits per heavy atom. The second kappa shape index (κ2) is 5.71. The Bertz CT molecular complexity index is 586. The molecule has 1 aromatic carbocycles. The van der Waals surface area contributed by atoms with Gasteiger partial charge in [-0.25, -0.2) is 8.42 Å². The van der Waals surface area contributed by atoms with Gasteiger partial charge in [0.15, 0.2) is 0 Å². The van der Waals surface area contributed by atoms with Gasteiger partial charge in [0, 0.05) is 12.6 Å². The zero-order chi connectivity index (χ0) is 14.9. The fourth-order valence-electron chi connectivity index (χ4n) is 2.76. The molecule has 5 nitrogen and oxygen atoms in total. The van der Waals surface area contributed by atoms with Crippen LogP contribution in [0.4, 0.5) is 0 Å². The second-order valence-electron chi connectivity index (χ2n) is 5.39. The maximum absolute atomic E-state index is 12.7. The van der Waals surface area contributed by atoms with Crippen LogP contribution in [0, 0.1) is 12.8 Å². The van der Waals surface area contributed by atoms with Crippen molar-refractivity contribution in [2.75, 3.05) is 20.2 Å². The summed E-state index contributed by atoms with van der Waals surface area (Å²) in [5.41, 5.74) is 6.48. The van der Waals surface area contributed by atoms with Gasteiger partial charge >= 0.3 is 0 Å². The van der Waals surface area contributed by atoms with Crippen molar-refractivity contribution >= 4 is 10.0 Å². The lowest BCUT2D eigenvalue weighted by atomic mass is 10.1. The topological polar surface area (TPSA) is 72.6 Å². The molecule has 0 saturated carbocycles. The first-order valence-corrected chi connectivity index (χ1v) is 8.20. The van der Waals surface area contributed by atoms with Crippen LogP contribution in [0.1, 0.15) is 18.9 Å². The molecule has 1 fully saturated rings. The third-order valence-corrected chi connectivity index (χ3v) is 5.89. The SMILES string of the molecule is COc1ccc(S(=O)(=O)N2CC(CN)CC2C)cc1C. The van der Waals surface area contributed by atoms with Crippen LogP contribution in [0.3, 0.4) is 0 Å². The van der Waals surface area contributed by atoms with E-state index in [-0.39, 0.29) is 12.0 Å². The fourth-order valence-corrected chi connectivity index (χ4v) is 4.56. The molecule has 0 radical (unpaired) electrons. The standard InChI is InChI=1S/C14H22N2O3S/c1-10-6-13(4-5-14(10)19-3)20(17,18)16-9-12(8-15)7-11(16)2/h4-6,11-12H,7-9,15H2,1-3H3. The highest BCUT2D eigenvalue weighted by atomic mass is 32.2. The van der Waals surface area contributed by atoms with Crippen LogP contribution in [-0.4, -0.2) is 39.0 Å². The smallest absolute Gasteiger partial charge is 0.243 e. The number of ether oxygens (including phenoxy) is 1. The molecule has 2 atom stereocenters. The highest BCUT2D eigenvalue weighted by molar-refractivity contribution is 7.89. The lowest BCUT2D eigenvalue weighted by Gasteiger charge is -2.21. The largest absolute Gasteiger partial charge is 0.496 e. The number of nitrogens with zero attached hydrogens (tertiary/aromatic N) is 1. The fraction of sp³-hybridized carbons (Fsp3) is 0.571. The molecular formula is C14H22N2O3S. The normalized spacial score (nSPS) is 24.0. The first-order valence-electron chi connectivity index (χ1n) is 6.76. The highest BCUT2D eigenvalue weighted by Gasteiger charge is 2.37. The van der Waals surface area contributed by atoms with Gasteiger partial charge in [-0.15, -0.1) is 0 Å². The quantitative estimate of drug-likeness (QED) is 0.911. The average molecular weight is 298 g/mol. The van der Waals surface area contributed by atoms with Crippen molar-refractivity contribution in [2.45, 2.75) is 31.2 Å². The summed E-state index contributed by atoms with van der Waals surface area (Å²) in [5, 5.41) is 0. The Kier molecular flexibility index (Phi) is 4.36. The van der Waals surface area contributed by atoms with Gasteiger partial charge in [-0.1, -0.05) is 0 Å². The molecule has 2 N–H and O–H groups in total. The number of aryl methyl sites for hydroxylation is 1. The molecule has 20 heavy (non-hydrogen) atoms. The van der Waals surface area contributed by atoms with Gasteiger partial charge < -0.3 is 10.5 Å². The first-order chi connectivity index (χ1) is 9.40. The summed E-state index contributed by atoms with van der Waals surface area (Å²) in [5.74, 6) is 0.942. The number of nitrogens with two attached hydrogens (primary N) is 1. The number of hydrogen-bond donors (Lipinski definition) is 1. The maximum Gasteiger partial charge on any atom is 0.243 e. The zero-order valence-electron chi connectivity index (χ0n) is 12.2. The van der Waals surface area contributed by atoms with E-state index in [1.807, 2.05) is 13.8 Å². The summed E-state index contributed by atoms with van der Waals surface area (Å²) in [7, 11) is -1.88. The van der Waals surface area contributed by atoms with E-state index in [1.54, 1.807) is 29.6 Å². The van der Waals surface area contributed by atoms with Crippen molar-refractivity contribution in [1.29, 1.82) is 0 Å². The minimum absolute atomic E-state index is 0.00374. The van der Waals surface area contributed by atoms with Gasteiger partial charge in [-0.2, -0.15) is 4.31 Å². The Labute approximate surface area is 120 Å². The third-order valence-electron chi connectivity index (χ3n) is 3.91. The first kappa shape index (κ1) is 15.3. The molecule has 0 bridgehead atoms. The molecule has 0 amide bonds. The van der Waals surface area contributed by atoms with E-state index < -0.39 is 10.0 Å². The summed E-state index contributed by atoms with van der Waals surface area (Å²) in [6.07, 6.45) is 0.824. The van der Waals surface area contributed by atoms with Gasteiger partial charge in [0.1, 0.15) is 5.75 Å². The zero-order valence-corrected chi connectivity index (χ0v) is 13.0. The Balaban J connectivity index is 2.33. The van der Waals surface area contributed by atoms with E-state index in [1.165, 1.54) is 0 Å². The summed E-state index contributed by atoms with van der Waals surface area (Å²) in [6.45, 7) is 4.81. The van der Waals surface area contributed by atoms with E-state index in [9.17, 15) is 8.42 Å². The van der Waals surface area contributed by atoms with Crippen LogP contribution >= 0.6 is 0 Å². The summed E-state index contributed by atoms with van der Waals surface area (Å²) in [4.78, 5) is 0.320. The number of sulfonamides is 1. The molecule has 112 valence electrons. The molecule has 2 unspecified atom stereocenters. The van der Waals surface area contributed by atoms with Gasteiger partial charge in [0.25, 0.3) is 0 Å². The Morgan fingerprint density at radius 1 is 1.45 bits per heavy atom. The number of rotatable bonds is 4. The van der Waals surface area contributed by atoms with Gasteiger partial charge in [0.05, 0.1) is 12.0 Å². The van der Waals surface area contributed by atoms with Gasteiger partial charge in [-0.3, -0.25) is 0 Å². The van der Waals surface area contributed by atoms with Gasteiger partial charge in [0.2, 0.25) is 10.0 Å². The number of methoxy groups -OCH3 is 1. The van der Waals surface area contributed by atoms with E-state index in [0.717, 1.165) is 12.0 Å². The van der Waals surface area contributed by atoms with Crippen LogP contribution in [0.2, 0.25) is 0 Å². The molecule has 2 rings (SSSR count). The van der Waals surface area contributed by atoms with E-state index >= 15 is 0 Å². The molecule has 0 aliphatic carbocycles. The molecule has 1 saturated heterocycles. The summed E-state index contributed by atoms with van der Waals surface area (Å²) >= 11 is 0. The molecule has 6 heteroatoms. The lowest BCUT2D eigenvalue weighted by molar-refractivity contribution is 0.403. The Hall–Kier alpha value is -1.11. The minimum atomic E-state index is -3.46. The number of benzene rings is 1. The van der Waals surface area contributed by atoms with E-state index in [0.29, 0.717) is 23.7 Å². The summed E-state index contributed by atoms with van der Waals surface area (Å²) < 4.78 is 32.1. The third kappa shape index (κ3) is 2.68. The second-order valence-corrected chi connectivity index (χ2v) is 7.28. The molecule has 1 aromatic rings. The monoisotopic (exact) mass is 298 g/mol. The Morgan fingerprint density at radius 2 is 2.15 bits per heavy atom. The molecule has 1 aliphatic rings. The minimum Gasteiger partial charge on any atom is -0.496 e. The van der Waals surface area contributed by atoms with Crippen molar-refractivity contribution in [3.63, 3.8) is 0 Å². The molecule has 1 heterocycles. The van der Waals surface area contributed by atoms with Crippen molar-refractivity contribution in [1.82, 2.24) is 4.31 Å². The molecule has 0 aromatic heterocycles. The number of hydrogen-bond acceptors (Lipinski definition) is 4. The van der Waals surface area contributed by atoms with Crippen LogP contribution in [-0.2, 0) is 10.0 Å². The van der Waals surface area contributed by atoms with E-state index in [4.69, 9.17) is 10.5 Å². The predicted molar refractivity (Wildman–Crippen MR) is 78.2 cm³/mol. The van der Waals surface area contributed by atoms with Crippen LogP contribution < -0.4 is 10.5 Å². The van der Waals surface area contributed by atoms with Crippen LogP contribution in [0.15, 0.2) is 23.1 Å². The average Bonchev–Trinajstić information content (AvgIpc) is 2.80. The van der Waals surface area contributed by atoms with Gasteiger partial charge in [-0.05, 0) is 56.5 Å². The lowest BCUT2D eigenvalue weighted by Crippen LogP contribution is -2.34.